The molecule has 0 aliphatic heterocycles. The lowest BCUT2D eigenvalue weighted by Gasteiger charge is -2.09. The van der Waals surface area contributed by atoms with Crippen LogP contribution in [0, 0.1) is 11.8 Å². The van der Waals surface area contributed by atoms with E-state index in [-0.39, 0.29) is 12.3 Å². The fourth-order valence-electron chi connectivity index (χ4n) is 1.17. The van der Waals surface area contributed by atoms with Crippen molar-refractivity contribution in [3.8, 4) is 17.6 Å². The van der Waals surface area contributed by atoms with Crippen LogP contribution in [-0.2, 0) is 6.18 Å². The van der Waals surface area contributed by atoms with Crippen molar-refractivity contribution in [3.63, 3.8) is 0 Å². The highest BCUT2D eigenvalue weighted by atomic mass is 19.4. The highest BCUT2D eigenvalue weighted by Gasteiger charge is 2.31. The Morgan fingerprint density at radius 3 is 2.72 bits per heavy atom. The van der Waals surface area contributed by atoms with Crippen LogP contribution < -0.4 is 4.74 Å². The van der Waals surface area contributed by atoms with Gasteiger partial charge in [-0.3, -0.25) is 0 Å². The van der Waals surface area contributed by atoms with Gasteiger partial charge in [-0.1, -0.05) is 17.0 Å². The molecule has 0 bridgehead atoms. The van der Waals surface area contributed by atoms with Gasteiger partial charge in [0, 0.05) is 4.91 Å². The standard InChI is InChI=1S/C11H8F3N3O/c1-18-10-7-9(11(12,13)14)5-4-8(10)3-2-6-16-17-15/h4-5,7H,6H2,1H3. The fraction of sp³-hybridized carbons (Fsp3) is 0.273. The first-order valence-corrected chi connectivity index (χ1v) is 4.74. The summed E-state index contributed by atoms with van der Waals surface area (Å²) in [7, 11) is 1.26. The topological polar surface area (TPSA) is 58.0 Å². The summed E-state index contributed by atoms with van der Waals surface area (Å²) in [5.41, 5.74) is 7.53. The molecule has 0 fully saturated rings. The van der Waals surface area contributed by atoms with Gasteiger partial charge in [-0.05, 0) is 23.7 Å². The van der Waals surface area contributed by atoms with Crippen LogP contribution in [0.3, 0.4) is 0 Å². The minimum Gasteiger partial charge on any atom is -0.495 e. The molecule has 0 atom stereocenters. The van der Waals surface area contributed by atoms with E-state index < -0.39 is 11.7 Å². The molecule has 4 nitrogen and oxygen atoms in total. The highest BCUT2D eigenvalue weighted by molar-refractivity contribution is 5.48. The van der Waals surface area contributed by atoms with Gasteiger partial charge in [-0.15, -0.1) is 0 Å². The van der Waals surface area contributed by atoms with Gasteiger partial charge < -0.3 is 4.74 Å². The second kappa shape index (κ2) is 5.84. The molecule has 0 heterocycles. The summed E-state index contributed by atoms with van der Waals surface area (Å²) in [6, 6.07) is 3.00. The Kier molecular flexibility index (Phi) is 4.46. The van der Waals surface area contributed by atoms with Crippen molar-refractivity contribution < 1.29 is 17.9 Å². The van der Waals surface area contributed by atoms with Gasteiger partial charge in [-0.25, -0.2) is 0 Å². The van der Waals surface area contributed by atoms with Gasteiger partial charge in [0.15, 0.2) is 0 Å². The lowest BCUT2D eigenvalue weighted by atomic mass is 10.1. The Hall–Kier alpha value is -2.32. The van der Waals surface area contributed by atoms with Crippen molar-refractivity contribution in [3.05, 3.63) is 39.8 Å². The smallest absolute Gasteiger partial charge is 0.416 e. The number of methoxy groups -OCH3 is 1. The van der Waals surface area contributed by atoms with Crippen LogP contribution in [0.4, 0.5) is 13.2 Å². The maximum Gasteiger partial charge on any atom is 0.416 e. The zero-order chi connectivity index (χ0) is 13.6. The molecule has 18 heavy (non-hydrogen) atoms. The lowest BCUT2D eigenvalue weighted by molar-refractivity contribution is -0.137. The molecule has 0 aliphatic rings. The number of hydrogen-bond acceptors (Lipinski definition) is 2. The van der Waals surface area contributed by atoms with Crippen molar-refractivity contribution in [1.29, 1.82) is 0 Å². The van der Waals surface area contributed by atoms with Gasteiger partial charge in [0.05, 0.1) is 24.8 Å². The number of azide groups is 1. The van der Waals surface area contributed by atoms with E-state index >= 15 is 0 Å². The van der Waals surface area contributed by atoms with Crippen LogP contribution in [0.2, 0.25) is 0 Å². The van der Waals surface area contributed by atoms with Crippen molar-refractivity contribution in [2.24, 2.45) is 5.11 Å². The highest BCUT2D eigenvalue weighted by Crippen LogP contribution is 2.32. The summed E-state index contributed by atoms with van der Waals surface area (Å²) in [4.78, 5) is 2.50. The van der Waals surface area contributed by atoms with E-state index in [9.17, 15) is 13.2 Å². The number of hydrogen-bond donors (Lipinski definition) is 0. The number of rotatable bonds is 2. The molecule has 0 N–H and O–H groups in total. The Labute approximate surface area is 101 Å². The number of benzene rings is 1. The maximum absolute atomic E-state index is 12.4. The quantitative estimate of drug-likeness (QED) is 0.346. The summed E-state index contributed by atoms with van der Waals surface area (Å²) in [5, 5.41) is 3.19. The molecule has 1 aromatic carbocycles. The van der Waals surface area contributed by atoms with Gasteiger partial charge in [-0.2, -0.15) is 13.2 Å². The molecule has 0 saturated heterocycles. The largest absolute Gasteiger partial charge is 0.495 e. The molecule has 7 heteroatoms. The molecule has 0 radical (unpaired) electrons. The zero-order valence-corrected chi connectivity index (χ0v) is 9.32. The van der Waals surface area contributed by atoms with Crippen molar-refractivity contribution in [2.45, 2.75) is 6.18 Å². The molecule has 0 amide bonds. The fourth-order valence-corrected chi connectivity index (χ4v) is 1.17. The maximum atomic E-state index is 12.4. The number of nitrogens with zero attached hydrogens (tertiary/aromatic N) is 3. The molecule has 0 aliphatic carbocycles. The minimum absolute atomic E-state index is 0.0262. The van der Waals surface area contributed by atoms with E-state index in [0.29, 0.717) is 5.56 Å². The molecular weight excluding hydrogens is 247 g/mol. The summed E-state index contributed by atoms with van der Waals surface area (Å²) >= 11 is 0. The number of halogens is 3. The van der Waals surface area contributed by atoms with Crippen LogP contribution in [0.15, 0.2) is 23.3 Å². The monoisotopic (exact) mass is 255 g/mol. The predicted octanol–water partition coefficient (Wildman–Crippen LogP) is 3.38. The van der Waals surface area contributed by atoms with Crippen LogP contribution >= 0.6 is 0 Å². The molecule has 0 saturated carbocycles. The minimum atomic E-state index is -4.43. The molecule has 0 aromatic heterocycles. The van der Waals surface area contributed by atoms with Gasteiger partial charge >= 0.3 is 6.18 Å². The van der Waals surface area contributed by atoms with Crippen LogP contribution in [0.5, 0.6) is 5.75 Å². The third-order valence-electron chi connectivity index (χ3n) is 1.96. The SMILES string of the molecule is COc1cc(C(F)(F)F)ccc1C#CCN=[N+]=[N-]. The van der Waals surface area contributed by atoms with E-state index in [1.807, 2.05) is 0 Å². The van der Waals surface area contributed by atoms with Gasteiger partial charge in [0.25, 0.3) is 0 Å². The second-order valence-electron chi connectivity index (χ2n) is 3.10. The third-order valence-corrected chi connectivity index (χ3v) is 1.96. The molecular formula is C11H8F3N3O. The van der Waals surface area contributed by atoms with Crippen molar-refractivity contribution in [1.82, 2.24) is 0 Å². The van der Waals surface area contributed by atoms with Crippen LogP contribution in [-0.4, -0.2) is 13.7 Å². The first kappa shape index (κ1) is 13.7. The summed E-state index contributed by atoms with van der Waals surface area (Å²) < 4.78 is 42.2. The second-order valence-corrected chi connectivity index (χ2v) is 3.10. The van der Waals surface area contributed by atoms with E-state index in [1.54, 1.807) is 0 Å². The lowest BCUT2D eigenvalue weighted by Crippen LogP contribution is -2.05. The summed E-state index contributed by atoms with van der Waals surface area (Å²) in [6.07, 6.45) is -4.43. The first-order chi connectivity index (χ1) is 8.49. The molecule has 0 unspecified atom stereocenters. The molecule has 1 rings (SSSR count). The average molecular weight is 255 g/mol. The average Bonchev–Trinajstić information content (AvgIpc) is 2.33. The number of alkyl halides is 3. The van der Waals surface area contributed by atoms with E-state index in [4.69, 9.17) is 10.3 Å². The Morgan fingerprint density at radius 1 is 1.44 bits per heavy atom. The molecule has 1 aromatic rings. The van der Waals surface area contributed by atoms with E-state index in [0.717, 1.165) is 12.1 Å². The number of ether oxygens (including phenoxy) is 1. The van der Waals surface area contributed by atoms with Crippen LogP contribution in [0.1, 0.15) is 11.1 Å². The Bertz CT molecular complexity index is 537. The summed E-state index contributed by atoms with van der Waals surface area (Å²) in [5.74, 6) is 5.10. The summed E-state index contributed by atoms with van der Waals surface area (Å²) in [6.45, 7) is -0.0549. The van der Waals surface area contributed by atoms with Gasteiger partial charge in [0.1, 0.15) is 5.75 Å². The van der Waals surface area contributed by atoms with Crippen molar-refractivity contribution in [2.75, 3.05) is 13.7 Å². The predicted molar refractivity (Wildman–Crippen MR) is 58.9 cm³/mol. The van der Waals surface area contributed by atoms with E-state index in [2.05, 4.69) is 21.9 Å². The first-order valence-electron chi connectivity index (χ1n) is 4.74. The zero-order valence-electron chi connectivity index (χ0n) is 9.32. The van der Waals surface area contributed by atoms with Crippen molar-refractivity contribution >= 4 is 0 Å². The van der Waals surface area contributed by atoms with E-state index in [1.165, 1.54) is 13.2 Å². The molecule has 94 valence electrons. The van der Waals surface area contributed by atoms with Crippen LogP contribution in [0.25, 0.3) is 10.4 Å². The Morgan fingerprint density at radius 2 is 2.17 bits per heavy atom. The van der Waals surface area contributed by atoms with Gasteiger partial charge in [0.2, 0.25) is 0 Å². The molecule has 0 spiro atoms. The third kappa shape index (κ3) is 3.61. The Balaban J connectivity index is 3.06. The normalized spacial score (nSPS) is 10.0.